The topological polar surface area (TPSA) is 79.3 Å². The summed E-state index contributed by atoms with van der Waals surface area (Å²) in [5.74, 6) is -1.01. The van der Waals surface area contributed by atoms with Crippen molar-refractivity contribution >= 4 is 27.8 Å². The summed E-state index contributed by atoms with van der Waals surface area (Å²) in [7, 11) is 0. The number of carbonyl (C=O) groups is 2. The van der Waals surface area contributed by atoms with Crippen molar-refractivity contribution in [3.8, 4) is 0 Å². The van der Waals surface area contributed by atoms with E-state index in [1.807, 2.05) is 13.8 Å². The normalized spacial score (nSPS) is 11.2. The second-order valence-corrected chi connectivity index (χ2v) is 6.22. The maximum atomic E-state index is 11.9. The molecule has 2 N–H and O–H groups in total. The molecule has 6 heteroatoms. The van der Waals surface area contributed by atoms with Crippen molar-refractivity contribution in [1.82, 2.24) is 10.3 Å². The zero-order valence-corrected chi connectivity index (χ0v) is 13.2. The van der Waals surface area contributed by atoms with E-state index in [-0.39, 0.29) is 17.7 Å². The molecular weight excluding hydrogens is 324 g/mol. The first-order valence-corrected chi connectivity index (χ1v) is 7.22. The fourth-order valence-corrected chi connectivity index (χ4v) is 2.05. The Labute approximate surface area is 126 Å². The molecule has 0 saturated carbocycles. The molecule has 0 saturated heterocycles. The lowest BCUT2D eigenvalue weighted by atomic mass is 9.84. The number of aromatic nitrogens is 1. The van der Waals surface area contributed by atoms with E-state index in [0.717, 1.165) is 6.42 Å². The van der Waals surface area contributed by atoms with Crippen LogP contribution >= 0.6 is 15.9 Å². The standard InChI is InChI=1S/C14H19BrN2O3/c1-14(2,7-6-12(18)19)8-9-16-13(20)10-4-3-5-11(15)17-10/h3-5H,6-9H2,1-2H3,(H,16,20)(H,18,19). The van der Waals surface area contributed by atoms with Gasteiger partial charge in [0, 0.05) is 13.0 Å². The van der Waals surface area contributed by atoms with Crippen LogP contribution in [-0.4, -0.2) is 28.5 Å². The zero-order chi connectivity index (χ0) is 15.2. The van der Waals surface area contributed by atoms with Gasteiger partial charge in [0.15, 0.2) is 0 Å². The van der Waals surface area contributed by atoms with Gasteiger partial charge in [-0.3, -0.25) is 9.59 Å². The van der Waals surface area contributed by atoms with Crippen LogP contribution in [0, 0.1) is 5.41 Å². The number of carbonyl (C=O) groups excluding carboxylic acids is 1. The third-order valence-electron chi connectivity index (χ3n) is 3.05. The summed E-state index contributed by atoms with van der Waals surface area (Å²) in [6.07, 6.45) is 1.46. The van der Waals surface area contributed by atoms with E-state index in [1.165, 1.54) is 0 Å². The molecule has 5 nitrogen and oxygen atoms in total. The monoisotopic (exact) mass is 342 g/mol. The summed E-state index contributed by atoms with van der Waals surface area (Å²) in [4.78, 5) is 26.5. The highest BCUT2D eigenvalue weighted by molar-refractivity contribution is 9.10. The summed E-state index contributed by atoms with van der Waals surface area (Å²) >= 11 is 3.22. The van der Waals surface area contributed by atoms with Crippen LogP contribution in [0.1, 0.15) is 43.6 Å². The van der Waals surface area contributed by atoms with Crippen LogP contribution in [0.5, 0.6) is 0 Å². The fraction of sp³-hybridized carbons (Fsp3) is 0.500. The molecule has 1 aromatic rings. The van der Waals surface area contributed by atoms with E-state index in [0.29, 0.717) is 23.3 Å². The molecule has 0 aromatic carbocycles. The third-order valence-corrected chi connectivity index (χ3v) is 3.49. The Hall–Kier alpha value is -1.43. The molecule has 1 heterocycles. The van der Waals surface area contributed by atoms with Crippen molar-refractivity contribution in [2.45, 2.75) is 33.1 Å². The molecule has 0 spiro atoms. The highest BCUT2D eigenvalue weighted by atomic mass is 79.9. The maximum Gasteiger partial charge on any atom is 0.303 e. The van der Waals surface area contributed by atoms with Gasteiger partial charge >= 0.3 is 5.97 Å². The average Bonchev–Trinajstić information content (AvgIpc) is 2.36. The second kappa shape index (κ2) is 7.38. The van der Waals surface area contributed by atoms with Crippen LogP contribution in [0.15, 0.2) is 22.8 Å². The highest BCUT2D eigenvalue weighted by Crippen LogP contribution is 2.26. The predicted molar refractivity (Wildman–Crippen MR) is 79.5 cm³/mol. The summed E-state index contributed by atoms with van der Waals surface area (Å²) in [5, 5.41) is 11.5. The number of rotatable bonds is 7. The number of hydrogen-bond donors (Lipinski definition) is 2. The van der Waals surface area contributed by atoms with Gasteiger partial charge in [-0.05, 0) is 46.3 Å². The zero-order valence-electron chi connectivity index (χ0n) is 11.6. The Morgan fingerprint density at radius 2 is 2.05 bits per heavy atom. The second-order valence-electron chi connectivity index (χ2n) is 5.41. The van der Waals surface area contributed by atoms with Gasteiger partial charge in [-0.15, -0.1) is 0 Å². The number of pyridine rings is 1. The van der Waals surface area contributed by atoms with E-state index in [4.69, 9.17) is 5.11 Å². The van der Waals surface area contributed by atoms with E-state index in [9.17, 15) is 9.59 Å². The van der Waals surface area contributed by atoms with Crippen LogP contribution in [0.2, 0.25) is 0 Å². The van der Waals surface area contributed by atoms with Gasteiger partial charge in [0.25, 0.3) is 5.91 Å². The van der Waals surface area contributed by atoms with Gasteiger partial charge in [0.05, 0.1) is 0 Å². The Bertz CT molecular complexity index is 489. The lowest BCUT2D eigenvalue weighted by molar-refractivity contribution is -0.137. The maximum absolute atomic E-state index is 11.9. The van der Waals surface area contributed by atoms with Gasteiger partial charge in [0.2, 0.25) is 0 Å². The number of nitrogens with zero attached hydrogens (tertiary/aromatic N) is 1. The van der Waals surface area contributed by atoms with Gasteiger partial charge in [-0.25, -0.2) is 4.98 Å². The Morgan fingerprint density at radius 3 is 2.65 bits per heavy atom. The summed E-state index contributed by atoms with van der Waals surface area (Å²) in [6, 6.07) is 5.16. The summed E-state index contributed by atoms with van der Waals surface area (Å²) in [6.45, 7) is 4.50. The molecule has 0 fully saturated rings. The minimum Gasteiger partial charge on any atom is -0.481 e. The number of carboxylic acid groups (broad SMARTS) is 1. The quantitative estimate of drug-likeness (QED) is 0.746. The van der Waals surface area contributed by atoms with Gasteiger partial charge < -0.3 is 10.4 Å². The number of carboxylic acids is 1. The smallest absolute Gasteiger partial charge is 0.303 e. The lowest BCUT2D eigenvalue weighted by Gasteiger charge is -2.23. The van der Waals surface area contributed by atoms with Crippen LogP contribution in [0.25, 0.3) is 0 Å². The van der Waals surface area contributed by atoms with Crippen LogP contribution in [0.4, 0.5) is 0 Å². The first-order valence-electron chi connectivity index (χ1n) is 6.43. The SMILES string of the molecule is CC(C)(CCNC(=O)c1cccc(Br)n1)CCC(=O)O. The molecule has 110 valence electrons. The van der Waals surface area contributed by atoms with Crippen molar-refractivity contribution in [2.24, 2.45) is 5.41 Å². The predicted octanol–water partition coefficient (Wildman–Crippen LogP) is 2.86. The fourth-order valence-electron chi connectivity index (χ4n) is 1.71. The van der Waals surface area contributed by atoms with Gasteiger partial charge in [0.1, 0.15) is 10.3 Å². The van der Waals surface area contributed by atoms with Gasteiger partial charge in [-0.2, -0.15) is 0 Å². The minimum atomic E-state index is -0.791. The molecule has 1 aromatic heterocycles. The van der Waals surface area contributed by atoms with Crippen LogP contribution < -0.4 is 5.32 Å². The van der Waals surface area contributed by atoms with Crippen LogP contribution in [0.3, 0.4) is 0 Å². The van der Waals surface area contributed by atoms with Crippen molar-refractivity contribution in [3.05, 3.63) is 28.5 Å². The Morgan fingerprint density at radius 1 is 1.35 bits per heavy atom. The molecular formula is C14H19BrN2O3. The summed E-state index contributed by atoms with van der Waals surface area (Å²) in [5.41, 5.74) is 0.249. The van der Waals surface area contributed by atoms with Crippen LogP contribution in [-0.2, 0) is 4.79 Å². The average molecular weight is 343 g/mol. The van der Waals surface area contributed by atoms with Crippen molar-refractivity contribution in [1.29, 1.82) is 0 Å². The van der Waals surface area contributed by atoms with Crippen molar-refractivity contribution in [3.63, 3.8) is 0 Å². The van der Waals surface area contributed by atoms with Gasteiger partial charge in [-0.1, -0.05) is 19.9 Å². The summed E-state index contributed by atoms with van der Waals surface area (Å²) < 4.78 is 0.618. The number of halogens is 1. The minimum absolute atomic E-state index is 0.115. The molecule has 0 aliphatic rings. The first-order chi connectivity index (χ1) is 9.30. The lowest BCUT2D eigenvalue weighted by Crippen LogP contribution is -2.29. The molecule has 1 amide bonds. The third kappa shape index (κ3) is 6.14. The van der Waals surface area contributed by atoms with Crippen molar-refractivity contribution < 1.29 is 14.7 Å². The van der Waals surface area contributed by atoms with E-state index >= 15 is 0 Å². The molecule has 0 atom stereocenters. The highest BCUT2D eigenvalue weighted by Gasteiger charge is 2.19. The molecule has 0 radical (unpaired) electrons. The van der Waals surface area contributed by atoms with E-state index in [2.05, 4.69) is 26.2 Å². The van der Waals surface area contributed by atoms with E-state index in [1.54, 1.807) is 18.2 Å². The number of aliphatic carboxylic acids is 1. The molecule has 0 aliphatic carbocycles. The Kier molecular flexibility index (Phi) is 6.13. The molecule has 0 aliphatic heterocycles. The number of hydrogen-bond acceptors (Lipinski definition) is 3. The first kappa shape index (κ1) is 16.6. The molecule has 0 unspecified atom stereocenters. The van der Waals surface area contributed by atoms with Crippen molar-refractivity contribution in [2.75, 3.05) is 6.54 Å². The number of nitrogens with one attached hydrogen (secondary N) is 1. The van der Waals surface area contributed by atoms with E-state index < -0.39 is 5.97 Å². The largest absolute Gasteiger partial charge is 0.481 e. The Balaban J connectivity index is 2.40. The molecule has 1 rings (SSSR count). The number of amides is 1. The molecule has 20 heavy (non-hydrogen) atoms. The molecule has 0 bridgehead atoms.